The summed E-state index contributed by atoms with van der Waals surface area (Å²) >= 11 is 12.1. The van der Waals surface area contributed by atoms with E-state index in [0.29, 0.717) is 36.0 Å². The number of fused-ring (bicyclic) bond motifs is 15. The van der Waals surface area contributed by atoms with Crippen LogP contribution in [-0.2, 0) is 19.3 Å². The highest BCUT2D eigenvalue weighted by Gasteiger charge is 2.48. The molecule has 0 unspecified atom stereocenters. The summed E-state index contributed by atoms with van der Waals surface area (Å²) in [6.45, 7) is 0. The highest BCUT2D eigenvalue weighted by molar-refractivity contribution is 9.11. The SMILES string of the molecule is Fc1cccc2c1-c1c(c3c(c4c1[C@H](Cc1ccc5ccccc5c1Br)c1cccc(F)c1-4)[C@H](Cc1ccc4ccccc4c1Br)c1cccc(F)c1-3)[C@@H]2Cc1ccc2ccccc2c1Br. The van der Waals surface area contributed by atoms with Gasteiger partial charge in [0.15, 0.2) is 0 Å². The Kier molecular flexibility index (Phi) is 9.43. The third kappa shape index (κ3) is 5.87. The predicted octanol–water partition coefficient (Wildman–Crippen LogP) is 17.9. The number of rotatable bonds is 6. The second-order valence-electron chi connectivity index (χ2n) is 18.0. The molecule has 3 aliphatic rings. The van der Waals surface area contributed by atoms with Crippen LogP contribution in [0.2, 0.25) is 0 Å². The lowest BCUT2D eigenvalue weighted by molar-refractivity contribution is 0.628. The third-order valence-electron chi connectivity index (χ3n) is 14.8. The molecule has 3 atom stereocenters. The van der Waals surface area contributed by atoms with E-state index in [4.69, 9.17) is 0 Å². The Bertz CT molecular complexity index is 3330. The van der Waals surface area contributed by atoms with E-state index < -0.39 is 0 Å². The van der Waals surface area contributed by atoms with Crippen molar-refractivity contribution in [2.75, 3.05) is 0 Å². The molecule has 0 aliphatic heterocycles. The summed E-state index contributed by atoms with van der Waals surface area (Å²) in [5, 5.41) is 6.63. The largest absolute Gasteiger partial charge is 0.206 e. The van der Waals surface area contributed by atoms with Crippen molar-refractivity contribution in [1.29, 1.82) is 0 Å². The zero-order valence-electron chi connectivity index (χ0n) is 35.2. The summed E-state index contributed by atoms with van der Waals surface area (Å²) in [5.74, 6) is -2.03. The van der Waals surface area contributed by atoms with Gasteiger partial charge in [-0.25, -0.2) is 13.2 Å². The second kappa shape index (κ2) is 15.4. The minimum absolute atomic E-state index is 0.332. The molecule has 0 saturated carbocycles. The summed E-state index contributed by atoms with van der Waals surface area (Å²) in [5.41, 5.74) is 12.5. The van der Waals surface area contributed by atoms with Gasteiger partial charge in [-0.3, -0.25) is 0 Å². The number of halogens is 6. The maximum Gasteiger partial charge on any atom is 0.131 e. The molecular weight excluding hydrogens is 1020 g/mol. The fourth-order valence-electron chi connectivity index (χ4n) is 12.0. The fourth-order valence-corrected chi connectivity index (χ4v) is 14.0. The smallest absolute Gasteiger partial charge is 0.131 e. The van der Waals surface area contributed by atoms with Gasteiger partial charge >= 0.3 is 0 Å². The Morgan fingerprint density at radius 3 is 0.894 bits per heavy atom. The van der Waals surface area contributed by atoms with E-state index in [1.165, 1.54) is 0 Å². The van der Waals surface area contributed by atoms with Gasteiger partial charge in [-0.05, 0) is 184 Å². The van der Waals surface area contributed by atoms with E-state index in [2.05, 4.69) is 139 Å². The molecule has 3 aliphatic carbocycles. The molecule has 13 rings (SSSR count). The molecule has 0 fully saturated rings. The molecule has 0 nitrogen and oxygen atoms in total. The maximum absolute atomic E-state index is 17.3. The van der Waals surface area contributed by atoms with Crippen LogP contribution in [0.5, 0.6) is 0 Å². The molecule has 0 bridgehead atoms. The van der Waals surface area contributed by atoms with Crippen LogP contribution in [0.25, 0.3) is 65.7 Å². The van der Waals surface area contributed by atoms with Crippen molar-refractivity contribution in [3.63, 3.8) is 0 Å². The maximum atomic E-state index is 17.3. The average molecular weight is 1050 g/mol. The molecule has 0 aromatic heterocycles. The first kappa shape index (κ1) is 40.5. The molecule has 66 heavy (non-hydrogen) atoms. The Morgan fingerprint density at radius 1 is 0.303 bits per heavy atom. The van der Waals surface area contributed by atoms with Crippen LogP contribution in [-0.4, -0.2) is 0 Å². The van der Waals surface area contributed by atoms with Gasteiger partial charge in [-0.2, -0.15) is 0 Å². The van der Waals surface area contributed by atoms with E-state index in [-0.39, 0.29) is 35.2 Å². The Hall–Kier alpha value is -5.79. The van der Waals surface area contributed by atoms with Crippen molar-refractivity contribution in [2.45, 2.75) is 37.0 Å². The third-order valence-corrected chi connectivity index (χ3v) is 17.6. The lowest BCUT2D eigenvalue weighted by Gasteiger charge is -2.26. The monoisotopic (exact) mass is 1050 g/mol. The first-order valence-electron chi connectivity index (χ1n) is 22.3. The van der Waals surface area contributed by atoms with Crippen LogP contribution in [0.3, 0.4) is 0 Å². The summed E-state index contributed by atoms with van der Waals surface area (Å²) in [6.07, 6.45) is 1.60. The van der Waals surface area contributed by atoms with Gasteiger partial charge in [0.25, 0.3) is 0 Å². The van der Waals surface area contributed by atoms with Crippen molar-refractivity contribution in [1.82, 2.24) is 0 Å². The molecule has 10 aromatic carbocycles. The van der Waals surface area contributed by atoms with Crippen LogP contribution in [0.4, 0.5) is 13.2 Å². The van der Waals surface area contributed by atoms with Crippen LogP contribution in [0.1, 0.15) is 67.8 Å². The summed E-state index contributed by atoms with van der Waals surface area (Å²) in [4.78, 5) is 0. The summed E-state index contributed by atoms with van der Waals surface area (Å²) < 4.78 is 55.0. The first-order valence-corrected chi connectivity index (χ1v) is 24.7. The minimum atomic E-state index is -0.345. The van der Waals surface area contributed by atoms with Crippen LogP contribution in [0.15, 0.2) is 177 Å². The second-order valence-corrected chi connectivity index (χ2v) is 20.4. The van der Waals surface area contributed by atoms with Gasteiger partial charge in [-0.15, -0.1) is 0 Å². The van der Waals surface area contributed by atoms with Crippen molar-refractivity contribution >= 4 is 80.1 Å². The van der Waals surface area contributed by atoms with Crippen LogP contribution >= 0.6 is 47.8 Å². The molecule has 6 heteroatoms. The lowest BCUT2D eigenvalue weighted by atomic mass is 9.77. The van der Waals surface area contributed by atoms with E-state index in [1.54, 1.807) is 36.4 Å². The van der Waals surface area contributed by atoms with Crippen molar-refractivity contribution < 1.29 is 13.2 Å². The molecule has 318 valence electrons. The molecule has 0 heterocycles. The summed E-state index contributed by atoms with van der Waals surface area (Å²) in [6, 6.07) is 54.0. The zero-order valence-corrected chi connectivity index (χ0v) is 40.0. The van der Waals surface area contributed by atoms with Crippen LogP contribution in [0, 0.1) is 17.5 Å². The molecule has 0 N–H and O–H groups in total. The fraction of sp³-hybridized carbons (Fsp3) is 0.100. The van der Waals surface area contributed by atoms with Gasteiger partial charge in [0.05, 0.1) is 0 Å². The quantitative estimate of drug-likeness (QED) is 0.156. The molecule has 0 spiro atoms. The normalized spacial score (nSPS) is 16.4. The minimum Gasteiger partial charge on any atom is -0.206 e. The molecular formula is C60H36Br3F3. The standard InChI is InChI=1S/C60H36Br3F3/c61-58-34(25-22-31-10-1-4-13-37(31)58)28-43-40-16-7-19-46(64)49(40)55-52(43)56-50-41(17-8-20-47(50)65)44(29-35-26-23-32-11-2-5-14-38(32)59(35)62)54(56)57-51-42(18-9-21-48(51)66)45(53(55)57)30-36-27-24-33-12-3-6-15-39(33)60(36)63/h1-27,43-45H,28-30H2/t43-,44-,45-/m1/s1. The van der Waals surface area contributed by atoms with Gasteiger partial charge in [0, 0.05) is 47.9 Å². The van der Waals surface area contributed by atoms with Crippen molar-refractivity contribution in [3.8, 4) is 33.4 Å². The molecule has 0 radical (unpaired) electrons. The Balaban J connectivity index is 1.14. The van der Waals surface area contributed by atoms with E-state index in [0.717, 1.165) is 112 Å². The highest BCUT2D eigenvalue weighted by Crippen LogP contribution is 2.66. The van der Waals surface area contributed by atoms with Gasteiger partial charge in [0.1, 0.15) is 17.5 Å². The van der Waals surface area contributed by atoms with Gasteiger partial charge in [0.2, 0.25) is 0 Å². The van der Waals surface area contributed by atoms with Crippen molar-refractivity contribution in [2.24, 2.45) is 0 Å². The van der Waals surface area contributed by atoms with Crippen molar-refractivity contribution in [3.05, 3.63) is 245 Å². The Morgan fingerprint density at radius 2 is 0.591 bits per heavy atom. The summed E-state index contributed by atoms with van der Waals surface area (Å²) in [7, 11) is 0. The van der Waals surface area contributed by atoms with E-state index in [1.807, 2.05) is 36.4 Å². The van der Waals surface area contributed by atoms with E-state index in [9.17, 15) is 0 Å². The predicted molar refractivity (Wildman–Crippen MR) is 274 cm³/mol. The topological polar surface area (TPSA) is 0 Å². The van der Waals surface area contributed by atoms with Crippen LogP contribution < -0.4 is 0 Å². The van der Waals surface area contributed by atoms with Gasteiger partial charge < -0.3 is 0 Å². The lowest BCUT2D eigenvalue weighted by Crippen LogP contribution is -2.10. The number of hydrogen-bond donors (Lipinski definition) is 0. The van der Waals surface area contributed by atoms with E-state index >= 15 is 13.2 Å². The Labute approximate surface area is 405 Å². The highest BCUT2D eigenvalue weighted by atomic mass is 79.9. The number of benzene rings is 10. The molecule has 10 aromatic rings. The molecule has 0 amide bonds. The first-order chi connectivity index (χ1) is 32.3. The average Bonchev–Trinajstić information content (AvgIpc) is 3.96. The number of hydrogen-bond acceptors (Lipinski definition) is 0. The molecule has 0 saturated heterocycles. The van der Waals surface area contributed by atoms with Gasteiger partial charge in [-0.1, -0.05) is 146 Å². The zero-order chi connectivity index (χ0) is 44.5.